The Hall–Kier alpha value is -1.14. The summed E-state index contributed by atoms with van der Waals surface area (Å²) in [5, 5.41) is 18.7. The average molecular weight is 162 g/mol. The largest absolute Gasteiger partial charge is 0.396 e. The molecule has 6 nitrogen and oxygen atoms in total. The highest BCUT2D eigenvalue weighted by atomic mass is 16.3. The van der Waals surface area contributed by atoms with Gasteiger partial charge < -0.3 is 21.3 Å². The second-order valence-corrected chi connectivity index (χ2v) is 1.85. The first-order valence-electron chi connectivity index (χ1n) is 2.95. The van der Waals surface area contributed by atoms with Crippen molar-refractivity contribution in [3.8, 4) is 0 Å². The zero-order chi connectivity index (χ0) is 8.85. The molecule has 11 heavy (non-hydrogen) atoms. The molecule has 1 unspecified atom stereocenters. The van der Waals surface area contributed by atoms with E-state index in [1.807, 2.05) is 5.32 Å². The second kappa shape index (κ2) is 4.64. The number of nitrogens with one attached hydrogen (secondary N) is 1. The summed E-state index contributed by atoms with van der Waals surface area (Å²) in [4.78, 5) is 20.7. The molecule has 0 saturated carbocycles. The van der Waals surface area contributed by atoms with Crippen molar-refractivity contribution in [3.05, 3.63) is 0 Å². The van der Waals surface area contributed by atoms with Crippen LogP contribution >= 0.6 is 0 Å². The van der Waals surface area contributed by atoms with Gasteiger partial charge in [0.15, 0.2) is 0 Å². The van der Waals surface area contributed by atoms with Crippen molar-refractivity contribution in [1.29, 1.82) is 0 Å². The van der Waals surface area contributed by atoms with Gasteiger partial charge in [-0.3, -0.25) is 9.59 Å². The van der Waals surface area contributed by atoms with Gasteiger partial charge in [-0.25, -0.2) is 0 Å². The van der Waals surface area contributed by atoms with E-state index in [1.54, 1.807) is 0 Å². The maximum Gasteiger partial charge on any atom is 0.267 e. The fraction of sp³-hybridized carbons (Fsp3) is 0.600. The van der Waals surface area contributed by atoms with E-state index in [0.717, 1.165) is 0 Å². The second-order valence-electron chi connectivity index (χ2n) is 1.85. The van der Waals surface area contributed by atoms with Crippen LogP contribution in [0.1, 0.15) is 6.42 Å². The van der Waals surface area contributed by atoms with E-state index in [4.69, 9.17) is 10.2 Å². The zero-order valence-corrected chi connectivity index (χ0v) is 5.78. The van der Waals surface area contributed by atoms with Gasteiger partial charge >= 0.3 is 0 Å². The molecule has 0 bridgehead atoms. The molecule has 64 valence electrons. The van der Waals surface area contributed by atoms with E-state index >= 15 is 0 Å². The first kappa shape index (κ1) is 9.86. The molecule has 0 aliphatic rings. The molecule has 0 aromatic carbocycles. The summed E-state index contributed by atoms with van der Waals surface area (Å²) >= 11 is 0. The molecule has 0 aliphatic carbocycles. The van der Waals surface area contributed by atoms with Gasteiger partial charge in [0.05, 0.1) is 6.61 Å². The molecule has 0 aliphatic heterocycles. The van der Waals surface area contributed by atoms with E-state index in [9.17, 15) is 9.59 Å². The average Bonchev–Trinajstić information content (AvgIpc) is 1.87. The number of amides is 2. The van der Waals surface area contributed by atoms with Crippen molar-refractivity contribution in [1.82, 2.24) is 5.32 Å². The van der Waals surface area contributed by atoms with Crippen LogP contribution in [0.4, 0.5) is 0 Å². The summed E-state index contributed by atoms with van der Waals surface area (Å²) in [7, 11) is 0. The minimum Gasteiger partial charge on any atom is -0.396 e. The van der Waals surface area contributed by atoms with Crippen LogP contribution < -0.4 is 11.1 Å². The van der Waals surface area contributed by atoms with Crippen LogP contribution in [0, 0.1) is 0 Å². The number of aliphatic hydroxyl groups excluding tert-OH is 2. The van der Waals surface area contributed by atoms with Crippen LogP contribution in [0.2, 0.25) is 0 Å². The lowest BCUT2D eigenvalue weighted by Crippen LogP contribution is -2.44. The SMILES string of the molecule is NC(=O)C(O)NC(=O)CCO. The summed E-state index contributed by atoms with van der Waals surface area (Å²) in [6.45, 7) is -0.336. The van der Waals surface area contributed by atoms with Crippen molar-refractivity contribution in [2.24, 2.45) is 5.73 Å². The standard InChI is InChI=1S/C5H10N2O4/c6-4(10)5(11)7-3(9)1-2-8/h5,8,11H,1-2H2,(H2,6,10)(H,7,9). The molecule has 5 N–H and O–H groups in total. The van der Waals surface area contributed by atoms with Crippen molar-refractivity contribution >= 4 is 11.8 Å². The van der Waals surface area contributed by atoms with Gasteiger partial charge in [-0.15, -0.1) is 0 Å². The smallest absolute Gasteiger partial charge is 0.267 e. The van der Waals surface area contributed by atoms with E-state index in [0.29, 0.717) is 0 Å². The first-order valence-corrected chi connectivity index (χ1v) is 2.95. The van der Waals surface area contributed by atoms with Crippen LogP contribution in [0.3, 0.4) is 0 Å². The third-order valence-electron chi connectivity index (χ3n) is 0.906. The third-order valence-corrected chi connectivity index (χ3v) is 0.906. The van der Waals surface area contributed by atoms with Gasteiger partial charge in [0.2, 0.25) is 12.1 Å². The van der Waals surface area contributed by atoms with E-state index < -0.39 is 18.0 Å². The Morgan fingerprint density at radius 2 is 2.09 bits per heavy atom. The molecule has 0 saturated heterocycles. The summed E-state index contributed by atoms with van der Waals surface area (Å²) in [5.41, 5.74) is 4.61. The lowest BCUT2D eigenvalue weighted by molar-refractivity contribution is -0.134. The van der Waals surface area contributed by atoms with Crippen LogP contribution in [-0.4, -0.2) is 34.9 Å². The summed E-state index contributed by atoms with van der Waals surface area (Å²) in [5.74, 6) is -1.66. The highest BCUT2D eigenvalue weighted by Gasteiger charge is 2.12. The van der Waals surface area contributed by atoms with Gasteiger partial charge in [-0.05, 0) is 0 Å². The summed E-state index contributed by atoms with van der Waals surface area (Å²) in [6.07, 6.45) is -1.83. The Morgan fingerprint density at radius 3 is 2.45 bits per heavy atom. The maximum atomic E-state index is 10.5. The Morgan fingerprint density at radius 1 is 1.55 bits per heavy atom. The number of hydrogen-bond acceptors (Lipinski definition) is 4. The van der Waals surface area contributed by atoms with Gasteiger partial charge in [-0.2, -0.15) is 0 Å². The minimum atomic E-state index is -1.67. The highest BCUT2D eigenvalue weighted by Crippen LogP contribution is 1.79. The first-order chi connectivity index (χ1) is 5.07. The van der Waals surface area contributed by atoms with Crippen LogP contribution in [0.5, 0.6) is 0 Å². The van der Waals surface area contributed by atoms with Crippen molar-refractivity contribution in [3.63, 3.8) is 0 Å². The molecule has 0 heterocycles. The fourth-order valence-electron chi connectivity index (χ4n) is 0.397. The Balaban J connectivity index is 3.66. The van der Waals surface area contributed by atoms with Crippen LogP contribution in [0.15, 0.2) is 0 Å². The van der Waals surface area contributed by atoms with Crippen molar-refractivity contribution in [2.75, 3.05) is 6.61 Å². The number of hydrogen-bond donors (Lipinski definition) is 4. The quantitative estimate of drug-likeness (QED) is 0.336. The molecule has 2 amide bonds. The summed E-state index contributed by atoms with van der Waals surface area (Å²) in [6, 6.07) is 0. The fourth-order valence-corrected chi connectivity index (χ4v) is 0.397. The number of rotatable bonds is 4. The van der Waals surface area contributed by atoms with Gasteiger partial charge in [0, 0.05) is 6.42 Å². The summed E-state index contributed by atoms with van der Waals surface area (Å²) < 4.78 is 0. The predicted molar refractivity (Wildman–Crippen MR) is 35.0 cm³/mol. The molecule has 0 spiro atoms. The predicted octanol–water partition coefficient (Wildman–Crippen LogP) is -2.71. The number of primary amides is 1. The van der Waals surface area contributed by atoms with Gasteiger partial charge in [0.1, 0.15) is 0 Å². The molecule has 6 heteroatoms. The van der Waals surface area contributed by atoms with Gasteiger partial charge in [-0.1, -0.05) is 0 Å². The normalized spacial score (nSPS) is 12.2. The molecule has 0 radical (unpaired) electrons. The molecule has 0 rings (SSSR count). The Bertz CT molecular complexity index is 159. The minimum absolute atomic E-state index is 0.162. The number of aliphatic hydroxyl groups is 2. The van der Waals surface area contributed by atoms with Crippen LogP contribution in [-0.2, 0) is 9.59 Å². The number of carbonyl (C=O) groups excluding carboxylic acids is 2. The third kappa shape index (κ3) is 4.29. The molecule has 1 atom stereocenters. The van der Waals surface area contributed by atoms with Crippen molar-refractivity contribution in [2.45, 2.75) is 12.6 Å². The lowest BCUT2D eigenvalue weighted by Gasteiger charge is -2.07. The van der Waals surface area contributed by atoms with Crippen molar-refractivity contribution < 1.29 is 19.8 Å². The molecular formula is C5H10N2O4. The maximum absolute atomic E-state index is 10.5. The highest BCUT2D eigenvalue weighted by molar-refractivity contribution is 5.85. The molecular weight excluding hydrogens is 152 g/mol. The molecule has 0 fully saturated rings. The van der Waals surface area contributed by atoms with E-state index in [1.165, 1.54) is 0 Å². The Labute approximate surface area is 63.0 Å². The number of nitrogens with two attached hydrogens (primary N) is 1. The topological polar surface area (TPSA) is 113 Å². The number of carbonyl (C=O) groups is 2. The van der Waals surface area contributed by atoms with Gasteiger partial charge in [0.25, 0.3) is 5.91 Å². The zero-order valence-electron chi connectivity index (χ0n) is 5.78. The monoisotopic (exact) mass is 162 g/mol. The molecule has 0 aromatic rings. The van der Waals surface area contributed by atoms with E-state index in [-0.39, 0.29) is 13.0 Å². The van der Waals surface area contributed by atoms with Crippen LogP contribution in [0.25, 0.3) is 0 Å². The molecule has 0 aromatic heterocycles. The Kier molecular flexibility index (Phi) is 4.16. The lowest BCUT2D eigenvalue weighted by atomic mass is 10.4. The van der Waals surface area contributed by atoms with E-state index in [2.05, 4.69) is 5.73 Å².